The molecule has 1 aliphatic heterocycles. The van der Waals surface area contributed by atoms with Gasteiger partial charge in [-0.25, -0.2) is 0 Å². The number of rotatable bonds is 4. The Labute approximate surface area is 127 Å². The van der Waals surface area contributed by atoms with E-state index in [2.05, 4.69) is 60.9 Å². The summed E-state index contributed by atoms with van der Waals surface area (Å²) >= 11 is 2.06. The minimum Gasteiger partial charge on any atom is -0.496 e. The van der Waals surface area contributed by atoms with Gasteiger partial charge in [0.25, 0.3) is 0 Å². The smallest absolute Gasteiger partial charge is 0.125 e. The van der Waals surface area contributed by atoms with Crippen molar-refractivity contribution in [3.05, 3.63) is 23.8 Å². The summed E-state index contributed by atoms with van der Waals surface area (Å²) in [4.78, 5) is 2.50. The van der Waals surface area contributed by atoms with Gasteiger partial charge in [0.05, 0.1) is 7.11 Å². The van der Waals surface area contributed by atoms with Crippen molar-refractivity contribution in [3.8, 4) is 5.75 Å². The van der Waals surface area contributed by atoms with Crippen LogP contribution in [0.1, 0.15) is 32.4 Å². The number of methoxy groups -OCH3 is 1. The third-order valence-electron chi connectivity index (χ3n) is 3.90. The maximum absolute atomic E-state index is 5.58. The summed E-state index contributed by atoms with van der Waals surface area (Å²) in [6.07, 6.45) is 0. The van der Waals surface area contributed by atoms with Crippen LogP contribution in [0.2, 0.25) is 0 Å². The van der Waals surface area contributed by atoms with E-state index in [1.54, 1.807) is 7.11 Å². The number of nitrogens with one attached hydrogen (secondary N) is 1. The molecule has 1 atom stereocenters. The van der Waals surface area contributed by atoms with E-state index in [1.807, 2.05) is 7.05 Å². The van der Waals surface area contributed by atoms with Gasteiger partial charge in [-0.05, 0) is 40.0 Å². The van der Waals surface area contributed by atoms with Crippen LogP contribution in [0.15, 0.2) is 18.2 Å². The molecule has 1 aromatic carbocycles. The summed E-state index contributed by atoms with van der Waals surface area (Å²) in [6, 6.07) is 6.64. The van der Waals surface area contributed by atoms with E-state index in [-0.39, 0.29) is 6.04 Å². The van der Waals surface area contributed by atoms with E-state index in [0.717, 1.165) is 18.8 Å². The van der Waals surface area contributed by atoms with Crippen molar-refractivity contribution in [2.24, 2.45) is 0 Å². The fourth-order valence-corrected chi connectivity index (χ4v) is 3.90. The second-order valence-electron chi connectivity index (χ2n) is 5.93. The zero-order valence-corrected chi connectivity index (χ0v) is 14.0. The van der Waals surface area contributed by atoms with E-state index in [4.69, 9.17) is 4.74 Å². The molecule has 1 aliphatic rings. The molecule has 20 heavy (non-hydrogen) atoms. The quantitative estimate of drug-likeness (QED) is 0.921. The average Bonchev–Trinajstić information content (AvgIpc) is 2.44. The first-order valence-electron chi connectivity index (χ1n) is 7.21. The maximum atomic E-state index is 5.58. The highest BCUT2D eigenvalue weighted by atomic mass is 32.2. The molecule has 1 saturated heterocycles. The van der Waals surface area contributed by atoms with Crippen LogP contribution in [-0.4, -0.2) is 37.7 Å². The molecule has 1 heterocycles. The van der Waals surface area contributed by atoms with Crippen LogP contribution in [0.25, 0.3) is 0 Å². The van der Waals surface area contributed by atoms with Gasteiger partial charge < -0.3 is 15.0 Å². The lowest BCUT2D eigenvalue weighted by Gasteiger charge is -2.40. The van der Waals surface area contributed by atoms with Gasteiger partial charge in [0.1, 0.15) is 5.75 Å². The fourth-order valence-electron chi connectivity index (χ4n) is 2.79. The molecule has 3 nitrogen and oxygen atoms in total. The van der Waals surface area contributed by atoms with Crippen molar-refractivity contribution in [3.63, 3.8) is 0 Å². The highest BCUT2D eigenvalue weighted by Gasteiger charge is 2.29. The topological polar surface area (TPSA) is 24.5 Å². The van der Waals surface area contributed by atoms with Crippen molar-refractivity contribution in [2.75, 3.05) is 37.9 Å². The summed E-state index contributed by atoms with van der Waals surface area (Å²) < 4.78 is 5.89. The lowest BCUT2D eigenvalue weighted by atomic mass is 10.0. The highest BCUT2D eigenvalue weighted by molar-refractivity contribution is 8.00. The van der Waals surface area contributed by atoms with Gasteiger partial charge in [-0.3, -0.25) is 0 Å². The largest absolute Gasteiger partial charge is 0.496 e. The van der Waals surface area contributed by atoms with Gasteiger partial charge >= 0.3 is 0 Å². The molecular formula is C16H26N2OS. The summed E-state index contributed by atoms with van der Waals surface area (Å²) in [5, 5.41) is 3.34. The van der Waals surface area contributed by atoms with E-state index >= 15 is 0 Å². The molecular weight excluding hydrogens is 268 g/mol. The first-order chi connectivity index (χ1) is 9.48. The summed E-state index contributed by atoms with van der Waals surface area (Å²) in [5.74, 6) is 2.15. The number of nitrogens with zero attached hydrogens (tertiary/aromatic N) is 1. The van der Waals surface area contributed by atoms with Crippen LogP contribution in [0.5, 0.6) is 5.75 Å². The minimum absolute atomic E-state index is 0.277. The molecule has 1 N–H and O–H groups in total. The van der Waals surface area contributed by atoms with Crippen LogP contribution in [-0.2, 0) is 0 Å². The zero-order chi connectivity index (χ0) is 14.8. The minimum atomic E-state index is 0.277. The van der Waals surface area contributed by atoms with Gasteiger partial charge in [0.15, 0.2) is 0 Å². The van der Waals surface area contributed by atoms with Crippen LogP contribution in [0.4, 0.5) is 5.69 Å². The van der Waals surface area contributed by atoms with E-state index < -0.39 is 0 Å². The van der Waals surface area contributed by atoms with Crippen LogP contribution < -0.4 is 15.0 Å². The molecule has 112 valence electrons. The Bertz CT molecular complexity index is 462. The van der Waals surface area contributed by atoms with E-state index in [0.29, 0.717) is 4.75 Å². The molecule has 2 rings (SSSR count). The second kappa shape index (κ2) is 6.27. The van der Waals surface area contributed by atoms with Gasteiger partial charge in [-0.1, -0.05) is 6.07 Å². The number of benzene rings is 1. The van der Waals surface area contributed by atoms with E-state index in [1.165, 1.54) is 17.0 Å². The van der Waals surface area contributed by atoms with Crippen molar-refractivity contribution in [1.29, 1.82) is 0 Å². The van der Waals surface area contributed by atoms with Gasteiger partial charge in [0.2, 0.25) is 0 Å². The molecule has 1 aromatic rings. The van der Waals surface area contributed by atoms with Gasteiger partial charge in [-0.2, -0.15) is 11.8 Å². The Hall–Kier alpha value is -0.870. The third-order valence-corrected chi connectivity index (χ3v) is 5.19. The van der Waals surface area contributed by atoms with Gasteiger partial charge in [0, 0.05) is 40.9 Å². The van der Waals surface area contributed by atoms with Gasteiger partial charge in [-0.15, -0.1) is 0 Å². The molecule has 0 aliphatic carbocycles. The number of hydrogen-bond acceptors (Lipinski definition) is 4. The Morgan fingerprint density at radius 3 is 2.75 bits per heavy atom. The molecule has 0 bridgehead atoms. The number of thioether (sulfide) groups is 1. The lowest BCUT2D eigenvalue weighted by Crippen LogP contribution is -2.43. The first kappa shape index (κ1) is 15.5. The molecule has 1 fully saturated rings. The Kier molecular flexibility index (Phi) is 4.86. The third kappa shape index (κ3) is 3.23. The summed E-state index contributed by atoms with van der Waals surface area (Å²) in [6.45, 7) is 9.01. The highest BCUT2D eigenvalue weighted by Crippen LogP contribution is 2.38. The first-order valence-corrected chi connectivity index (χ1v) is 8.20. The SMILES string of the molecule is CNC(C)c1c(OC)cccc1N1CCSC(C)(C)C1. The zero-order valence-electron chi connectivity index (χ0n) is 13.2. The Morgan fingerprint density at radius 2 is 2.15 bits per heavy atom. The molecule has 4 heteroatoms. The monoisotopic (exact) mass is 294 g/mol. The molecule has 0 saturated carbocycles. The van der Waals surface area contributed by atoms with E-state index in [9.17, 15) is 0 Å². The van der Waals surface area contributed by atoms with Crippen molar-refractivity contribution in [1.82, 2.24) is 5.32 Å². The predicted molar refractivity (Wildman–Crippen MR) is 89.2 cm³/mol. The maximum Gasteiger partial charge on any atom is 0.125 e. The van der Waals surface area contributed by atoms with Crippen molar-refractivity contribution in [2.45, 2.75) is 31.6 Å². The standard InChI is InChI=1S/C16H26N2OS/c1-12(17-4)15-13(7-6-8-14(15)19-5)18-9-10-20-16(2,3)11-18/h6-8,12,17H,9-11H2,1-5H3. The Morgan fingerprint density at radius 1 is 1.40 bits per heavy atom. The second-order valence-corrected chi connectivity index (χ2v) is 7.74. The summed E-state index contributed by atoms with van der Waals surface area (Å²) in [7, 11) is 3.75. The fraction of sp³-hybridized carbons (Fsp3) is 0.625. The molecule has 0 amide bonds. The predicted octanol–water partition coefficient (Wildman–Crippen LogP) is 3.31. The summed E-state index contributed by atoms with van der Waals surface area (Å²) in [5.41, 5.74) is 2.57. The number of ether oxygens (including phenoxy) is 1. The molecule has 0 spiro atoms. The number of hydrogen-bond donors (Lipinski definition) is 1. The van der Waals surface area contributed by atoms with Crippen molar-refractivity contribution < 1.29 is 4.74 Å². The average molecular weight is 294 g/mol. The molecule has 0 aromatic heterocycles. The number of anilines is 1. The van der Waals surface area contributed by atoms with Crippen LogP contribution in [0.3, 0.4) is 0 Å². The molecule has 1 unspecified atom stereocenters. The molecule has 0 radical (unpaired) electrons. The van der Waals surface area contributed by atoms with Crippen LogP contribution in [0, 0.1) is 0 Å². The lowest BCUT2D eigenvalue weighted by molar-refractivity contribution is 0.403. The van der Waals surface area contributed by atoms with Crippen LogP contribution >= 0.6 is 11.8 Å². The Balaban J connectivity index is 2.40. The van der Waals surface area contributed by atoms with Crippen molar-refractivity contribution >= 4 is 17.4 Å². The normalized spacial score (nSPS) is 19.8.